The van der Waals surface area contributed by atoms with Crippen molar-refractivity contribution in [3.8, 4) is 11.3 Å². The molecule has 4 aromatic rings. The molecule has 0 fully saturated rings. The van der Waals surface area contributed by atoms with Gasteiger partial charge in [-0.1, -0.05) is 11.6 Å². The number of amides is 1. The van der Waals surface area contributed by atoms with Crippen molar-refractivity contribution in [1.82, 2.24) is 9.97 Å². The van der Waals surface area contributed by atoms with Crippen LogP contribution >= 0.6 is 11.6 Å². The maximum Gasteiger partial charge on any atom is 0.270 e. The van der Waals surface area contributed by atoms with Crippen LogP contribution in [0.2, 0.25) is 5.02 Å². The number of carbonyl (C=O) groups is 1. The number of nitro benzene ring substituents is 1. The summed E-state index contributed by atoms with van der Waals surface area (Å²) >= 11 is 6.16. The van der Waals surface area contributed by atoms with Crippen LogP contribution in [0.4, 0.5) is 11.4 Å². The van der Waals surface area contributed by atoms with Crippen molar-refractivity contribution in [3.63, 3.8) is 0 Å². The van der Waals surface area contributed by atoms with Crippen LogP contribution < -0.4 is 5.32 Å². The first kappa shape index (κ1) is 18.6. The fraction of sp³-hybridized carbons (Fsp3) is 0.0500. The van der Waals surface area contributed by atoms with E-state index in [4.69, 9.17) is 16.0 Å². The minimum Gasteiger partial charge on any atom is -0.460 e. The predicted octanol–water partition coefficient (Wildman–Crippen LogP) is 5.01. The molecule has 0 aliphatic rings. The largest absolute Gasteiger partial charge is 0.460 e. The molecule has 0 saturated heterocycles. The fourth-order valence-corrected chi connectivity index (χ4v) is 3.17. The number of halogens is 1. The van der Waals surface area contributed by atoms with E-state index in [1.54, 1.807) is 43.6 Å². The molecule has 0 bridgehead atoms. The number of nitro groups is 1. The number of aromatic nitrogens is 2. The van der Waals surface area contributed by atoms with E-state index in [1.807, 2.05) is 0 Å². The fourth-order valence-electron chi connectivity index (χ4n) is 2.90. The third-order valence-electron chi connectivity index (χ3n) is 4.32. The number of anilines is 1. The number of aryl methyl sites for hydroxylation is 1. The number of carbonyl (C=O) groups excluding carboxylic acids is 1. The number of non-ortho nitro benzene ring substituents is 1. The van der Waals surface area contributed by atoms with E-state index < -0.39 is 4.92 Å². The zero-order valence-electron chi connectivity index (χ0n) is 15.0. The summed E-state index contributed by atoms with van der Waals surface area (Å²) in [6.07, 6.45) is 3.18. The van der Waals surface area contributed by atoms with Crippen molar-refractivity contribution in [2.75, 3.05) is 5.32 Å². The lowest BCUT2D eigenvalue weighted by Crippen LogP contribution is -2.12. The summed E-state index contributed by atoms with van der Waals surface area (Å²) in [7, 11) is 0. The van der Waals surface area contributed by atoms with Gasteiger partial charge in [0.1, 0.15) is 11.5 Å². The molecule has 0 unspecified atom stereocenters. The summed E-state index contributed by atoms with van der Waals surface area (Å²) in [5.41, 5.74) is 2.61. The normalized spacial score (nSPS) is 10.8. The molecule has 0 saturated carbocycles. The summed E-state index contributed by atoms with van der Waals surface area (Å²) in [5.74, 6) is 0.378. The van der Waals surface area contributed by atoms with Gasteiger partial charge in [0.2, 0.25) is 0 Å². The van der Waals surface area contributed by atoms with Gasteiger partial charge in [-0.15, -0.1) is 0 Å². The first-order valence-corrected chi connectivity index (χ1v) is 8.87. The molecule has 2 aromatic carbocycles. The Labute approximate surface area is 169 Å². The van der Waals surface area contributed by atoms with Crippen LogP contribution in [-0.4, -0.2) is 20.8 Å². The van der Waals surface area contributed by atoms with Gasteiger partial charge in [0.25, 0.3) is 11.6 Å². The minimum absolute atomic E-state index is 0.126. The zero-order valence-corrected chi connectivity index (χ0v) is 15.8. The highest BCUT2D eigenvalue weighted by atomic mass is 35.5. The van der Waals surface area contributed by atoms with Gasteiger partial charge in [0, 0.05) is 35.8 Å². The molecule has 0 atom stereocenters. The van der Waals surface area contributed by atoms with Gasteiger partial charge in [0.05, 0.1) is 26.5 Å². The first-order chi connectivity index (χ1) is 13.9. The Morgan fingerprint density at radius 1 is 1.10 bits per heavy atom. The summed E-state index contributed by atoms with van der Waals surface area (Å²) < 4.78 is 5.67. The lowest BCUT2D eigenvalue weighted by molar-refractivity contribution is -0.384. The van der Waals surface area contributed by atoms with Gasteiger partial charge in [-0.3, -0.25) is 24.9 Å². The topological polar surface area (TPSA) is 111 Å². The molecule has 2 heterocycles. The molecule has 9 heteroatoms. The van der Waals surface area contributed by atoms with E-state index in [9.17, 15) is 14.9 Å². The molecule has 8 nitrogen and oxygen atoms in total. The van der Waals surface area contributed by atoms with E-state index in [-0.39, 0.29) is 16.6 Å². The quantitative estimate of drug-likeness (QED) is 0.375. The number of nitrogens with one attached hydrogen (secondary N) is 1. The lowest BCUT2D eigenvalue weighted by Gasteiger charge is -2.05. The van der Waals surface area contributed by atoms with Crippen LogP contribution in [0.25, 0.3) is 22.4 Å². The number of nitrogens with zero attached hydrogens (tertiary/aromatic N) is 3. The van der Waals surface area contributed by atoms with Gasteiger partial charge in [0.15, 0.2) is 0 Å². The highest BCUT2D eigenvalue weighted by Crippen LogP contribution is 2.34. The molecule has 0 spiro atoms. The molecule has 1 N–H and O–H groups in total. The Kier molecular flexibility index (Phi) is 4.69. The molecule has 4 rings (SSSR count). The maximum atomic E-state index is 12.7. The van der Waals surface area contributed by atoms with E-state index in [1.165, 1.54) is 18.2 Å². The average Bonchev–Trinajstić information content (AvgIpc) is 3.09. The van der Waals surface area contributed by atoms with Crippen molar-refractivity contribution in [2.45, 2.75) is 6.92 Å². The van der Waals surface area contributed by atoms with Gasteiger partial charge < -0.3 is 9.73 Å². The van der Waals surface area contributed by atoms with Crippen LogP contribution in [0.5, 0.6) is 0 Å². The average molecular weight is 409 g/mol. The van der Waals surface area contributed by atoms with E-state index in [0.29, 0.717) is 33.9 Å². The number of rotatable bonds is 4. The maximum absolute atomic E-state index is 12.7. The number of fused-ring (bicyclic) bond motifs is 1. The Morgan fingerprint density at radius 3 is 2.59 bits per heavy atom. The summed E-state index contributed by atoms with van der Waals surface area (Å²) in [6.45, 7) is 1.66. The molecule has 144 valence electrons. The zero-order chi connectivity index (χ0) is 20.5. The summed E-state index contributed by atoms with van der Waals surface area (Å²) in [5, 5.41) is 13.8. The van der Waals surface area contributed by atoms with E-state index >= 15 is 0 Å². The predicted molar refractivity (Wildman–Crippen MR) is 108 cm³/mol. The van der Waals surface area contributed by atoms with Crippen molar-refractivity contribution in [2.24, 2.45) is 0 Å². The molecule has 0 radical (unpaired) electrons. The van der Waals surface area contributed by atoms with Gasteiger partial charge in [-0.25, -0.2) is 0 Å². The van der Waals surface area contributed by atoms with Gasteiger partial charge >= 0.3 is 0 Å². The molecule has 0 aliphatic carbocycles. The molecular formula is C20H13ClN4O4. The molecule has 29 heavy (non-hydrogen) atoms. The van der Waals surface area contributed by atoms with Crippen molar-refractivity contribution in [3.05, 3.63) is 81.3 Å². The van der Waals surface area contributed by atoms with Crippen LogP contribution in [0.3, 0.4) is 0 Å². The Morgan fingerprint density at radius 2 is 1.86 bits per heavy atom. The second-order valence-electron chi connectivity index (χ2n) is 6.22. The van der Waals surface area contributed by atoms with Crippen LogP contribution in [0.15, 0.2) is 59.3 Å². The number of furan rings is 1. The number of hydrogen-bond acceptors (Lipinski definition) is 6. The standard InChI is InChI=1S/C20H13ClN4O4/c1-11-15(10-19(29-11)14-4-3-13(25(27)28)9-16(14)21)20(26)24-12-2-5-17-18(8-12)23-7-6-22-17/h2-10H,1H3,(H,24,26). The van der Waals surface area contributed by atoms with Crippen molar-refractivity contribution >= 4 is 39.9 Å². The Balaban J connectivity index is 1.61. The first-order valence-electron chi connectivity index (χ1n) is 8.49. The second-order valence-corrected chi connectivity index (χ2v) is 6.62. The Bertz CT molecular complexity index is 1270. The third-order valence-corrected chi connectivity index (χ3v) is 4.63. The van der Waals surface area contributed by atoms with Gasteiger partial charge in [-0.05, 0) is 37.3 Å². The van der Waals surface area contributed by atoms with Crippen LogP contribution in [0.1, 0.15) is 16.1 Å². The van der Waals surface area contributed by atoms with Crippen LogP contribution in [0, 0.1) is 17.0 Å². The highest BCUT2D eigenvalue weighted by Gasteiger charge is 2.19. The monoisotopic (exact) mass is 408 g/mol. The summed E-state index contributed by atoms with van der Waals surface area (Å²) in [4.78, 5) is 31.5. The molecule has 0 aliphatic heterocycles. The SMILES string of the molecule is Cc1oc(-c2ccc([N+](=O)[O-])cc2Cl)cc1C(=O)Nc1ccc2nccnc2c1. The second kappa shape index (κ2) is 7.33. The smallest absolute Gasteiger partial charge is 0.270 e. The lowest BCUT2D eigenvalue weighted by atomic mass is 10.1. The third kappa shape index (κ3) is 3.65. The molecule has 2 aromatic heterocycles. The molecule has 1 amide bonds. The Hall–Kier alpha value is -3.78. The van der Waals surface area contributed by atoms with Crippen molar-refractivity contribution < 1.29 is 14.1 Å². The van der Waals surface area contributed by atoms with E-state index in [2.05, 4.69) is 15.3 Å². The minimum atomic E-state index is -0.532. The van der Waals surface area contributed by atoms with Crippen molar-refractivity contribution in [1.29, 1.82) is 0 Å². The number of benzene rings is 2. The highest BCUT2D eigenvalue weighted by molar-refractivity contribution is 6.33. The summed E-state index contributed by atoms with van der Waals surface area (Å²) in [6, 6.07) is 10.8. The number of hydrogen-bond donors (Lipinski definition) is 1. The van der Waals surface area contributed by atoms with Gasteiger partial charge in [-0.2, -0.15) is 0 Å². The van der Waals surface area contributed by atoms with Crippen LogP contribution in [-0.2, 0) is 0 Å². The molecular weight excluding hydrogens is 396 g/mol. The van der Waals surface area contributed by atoms with E-state index in [0.717, 1.165) is 5.52 Å².